The zero-order valence-corrected chi connectivity index (χ0v) is 8.28. The van der Waals surface area contributed by atoms with Crippen LogP contribution in [0.4, 0.5) is 0 Å². The normalized spacial score (nSPS) is 10.7. The molecule has 0 N–H and O–H groups in total. The first kappa shape index (κ1) is 10.3. The molecular weight excluding hydrogens is 200 g/mol. The fourth-order valence-corrected chi connectivity index (χ4v) is 1.07. The molecule has 0 aliphatic heterocycles. The monoisotopic (exact) mass is 206 g/mol. The Morgan fingerprint density at radius 1 is 1.64 bits per heavy atom. The molecule has 0 radical (unpaired) electrons. The van der Waals surface area contributed by atoms with Crippen LogP contribution in [0, 0.1) is 22.7 Å². The SMILES string of the molecule is C/C(=C\Cl)Cn1cnc(C#N)c1C#N. The first-order chi connectivity index (χ1) is 6.72. The Balaban J connectivity index is 3.07. The zero-order valence-electron chi connectivity index (χ0n) is 7.53. The van der Waals surface area contributed by atoms with Gasteiger partial charge in [0, 0.05) is 12.1 Å². The summed E-state index contributed by atoms with van der Waals surface area (Å²) >= 11 is 5.49. The summed E-state index contributed by atoms with van der Waals surface area (Å²) in [7, 11) is 0. The quantitative estimate of drug-likeness (QED) is 0.741. The number of nitriles is 2. The van der Waals surface area contributed by atoms with Crippen molar-refractivity contribution in [3.8, 4) is 12.1 Å². The van der Waals surface area contributed by atoms with E-state index in [9.17, 15) is 0 Å². The van der Waals surface area contributed by atoms with E-state index in [0.717, 1.165) is 5.57 Å². The molecule has 0 amide bonds. The van der Waals surface area contributed by atoms with Crippen LogP contribution in [0.25, 0.3) is 0 Å². The van der Waals surface area contributed by atoms with Gasteiger partial charge in [0.2, 0.25) is 0 Å². The van der Waals surface area contributed by atoms with Gasteiger partial charge >= 0.3 is 0 Å². The lowest BCUT2D eigenvalue weighted by atomic mass is 10.3. The second-order valence-corrected chi connectivity index (χ2v) is 2.97. The standard InChI is InChI=1S/C9H7ClN4/c1-7(2-10)5-14-6-13-8(3-11)9(14)4-12/h2,6H,5H2,1H3/b7-2+. The van der Waals surface area contributed by atoms with Crippen molar-refractivity contribution in [2.45, 2.75) is 13.5 Å². The summed E-state index contributed by atoms with van der Waals surface area (Å²) < 4.78 is 1.59. The summed E-state index contributed by atoms with van der Waals surface area (Å²) in [6.07, 6.45) is 1.46. The highest BCUT2D eigenvalue weighted by Crippen LogP contribution is 2.08. The number of nitrogens with zero attached hydrogens (tertiary/aromatic N) is 4. The summed E-state index contributed by atoms with van der Waals surface area (Å²) in [5.41, 5.74) is 2.75. The van der Waals surface area contributed by atoms with Crippen LogP contribution in [-0.2, 0) is 6.54 Å². The number of aromatic nitrogens is 2. The lowest BCUT2D eigenvalue weighted by molar-refractivity contribution is 0.772. The van der Waals surface area contributed by atoms with E-state index in [1.807, 2.05) is 19.1 Å². The molecule has 70 valence electrons. The molecule has 1 aromatic heterocycles. The van der Waals surface area contributed by atoms with E-state index in [2.05, 4.69) is 4.98 Å². The molecule has 0 spiro atoms. The lowest BCUT2D eigenvalue weighted by Crippen LogP contribution is -2.00. The Morgan fingerprint density at radius 3 is 2.86 bits per heavy atom. The summed E-state index contributed by atoms with van der Waals surface area (Å²) in [4.78, 5) is 3.80. The molecule has 1 rings (SSSR count). The van der Waals surface area contributed by atoms with E-state index in [4.69, 9.17) is 22.1 Å². The van der Waals surface area contributed by atoms with Crippen molar-refractivity contribution in [2.75, 3.05) is 0 Å². The van der Waals surface area contributed by atoms with Gasteiger partial charge in [0.25, 0.3) is 0 Å². The second kappa shape index (κ2) is 4.45. The first-order valence-electron chi connectivity index (χ1n) is 3.84. The van der Waals surface area contributed by atoms with Gasteiger partial charge < -0.3 is 4.57 Å². The topological polar surface area (TPSA) is 65.4 Å². The first-order valence-corrected chi connectivity index (χ1v) is 4.27. The lowest BCUT2D eigenvalue weighted by Gasteiger charge is -2.01. The maximum Gasteiger partial charge on any atom is 0.176 e. The van der Waals surface area contributed by atoms with Crippen LogP contribution in [0.15, 0.2) is 17.4 Å². The van der Waals surface area contributed by atoms with Gasteiger partial charge in [-0.3, -0.25) is 0 Å². The third-order valence-corrected chi connectivity index (χ3v) is 2.03. The van der Waals surface area contributed by atoms with Crippen LogP contribution in [0.3, 0.4) is 0 Å². The van der Waals surface area contributed by atoms with Crippen LogP contribution in [0.2, 0.25) is 0 Å². The molecule has 0 saturated heterocycles. The van der Waals surface area contributed by atoms with E-state index in [0.29, 0.717) is 6.54 Å². The molecule has 4 nitrogen and oxygen atoms in total. The molecule has 0 fully saturated rings. The van der Waals surface area contributed by atoms with Crippen molar-refractivity contribution in [3.63, 3.8) is 0 Å². The van der Waals surface area contributed by atoms with Crippen LogP contribution in [-0.4, -0.2) is 9.55 Å². The van der Waals surface area contributed by atoms with E-state index >= 15 is 0 Å². The molecule has 0 aliphatic rings. The number of rotatable bonds is 2. The summed E-state index contributed by atoms with van der Waals surface area (Å²) in [5, 5.41) is 17.4. The maximum atomic E-state index is 8.79. The molecule has 5 heteroatoms. The molecule has 0 saturated carbocycles. The van der Waals surface area contributed by atoms with Gasteiger partial charge in [-0.05, 0) is 12.5 Å². The number of allylic oxidation sites excluding steroid dienone is 1. The van der Waals surface area contributed by atoms with Crippen LogP contribution < -0.4 is 0 Å². The van der Waals surface area contributed by atoms with Crippen LogP contribution in [0.5, 0.6) is 0 Å². The minimum absolute atomic E-state index is 0.148. The highest BCUT2D eigenvalue weighted by Gasteiger charge is 2.09. The average molecular weight is 207 g/mol. The predicted octanol–water partition coefficient (Wildman–Crippen LogP) is 1.77. The Bertz CT molecular complexity index is 444. The predicted molar refractivity (Wildman–Crippen MR) is 51.3 cm³/mol. The number of halogens is 1. The second-order valence-electron chi connectivity index (χ2n) is 2.75. The third-order valence-electron chi connectivity index (χ3n) is 1.66. The van der Waals surface area contributed by atoms with E-state index in [1.165, 1.54) is 11.9 Å². The van der Waals surface area contributed by atoms with Gasteiger partial charge in [-0.2, -0.15) is 10.5 Å². The molecule has 0 aliphatic carbocycles. The summed E-state index contributed by atoms with van der Waals surface area (Å²) in [6, 6.07) is 3.78. The summed E-state index contributed by atoms with van der Waals surface area (Å²) in [5.74, 6) is 0. The number of hydrogen-bond donors (Lipinski definition) is 0. The van der Waals surface area contributed by atoms with Crippen molar-refractivity contribution in [1.82, 2.24) is 9.55 Å². The molecule has 14 heavy (non-hydrogen) atoms. The van der Waals surface area contributed by atoms with Gasteiger partial charge in [-0.15, -0.1) is 0 Å². The minimum Gasteiger partial charge on any atom is -0.317 e. The van der Waals surface area contributed by atoms with E-state index < -0.39 is 0 Å². The van der Waals surface area contributed by atoms with Crippen LogP contribution >= 0.6 is 11.6 Å². The molecule has 0 aromatic carbocycles. The van der Waals surface area contributed by atoms with Gasteiger partial charge in [0.15, 0.2) is 11.4 Å². The smallest absolute Gasteiger partial charge is 0.176 e. The van der Waals surface area contributed by atoms with Crippen molar-refractivity contribution in [1.29, 1.82) is 10.5 Å². The van der Waals surface area contributed by atoms with Crippen molar-refractivity contribution in [2.24, 2.45) is 0 Å². The Morgan fingerprint density at radius 2 is 2.36 bits per heavy atom. The molecule has 1 heterocycles. The van der Waals surface area contributed by atoms with E-state index in [-0.39, 0.29) is 11.4 Å². The average Bonchev–Trinajstić information content (AvgIpc) is 2.59. The fraction of sp³-hybridized carbons (Fsp3) is 0.222. The van der Waals surface area contributed by atoms with Gasteiger partial charge in [-0.25, -0.2) is 4.98 Å². The minimum atomic E-state index is 0.148. The molecule has 0 unspecified atom stereocenters. The highest BCUT2D eigenvalue weighted by molar-refractivity contribution is 6.25. The van der Waals surface area contributed by atoms with Gasteiger partial charge in [0.05, 0.1) is 6.33 Å². The molecule has 0 atom stereocenters. The fourth-order valence-electron chi connectivity index (χ4n) is 1.00. The van der Waals surface area contributed by atoms with E-state index in [1.54, 1.807) is 4.57 Å². The zero-order chi connectivity index (χ0) is 10.6. The molecular formula is C9H7ClN4. The van der Waals surface area contributed by atoms with Crippen LogP contribution in [0.1, 0.15) is 18.3 Å². The van der Waals surface area contributed by atoms with Crippen molar-refractivity contribution in [3.05, 3.63) is 28.8 Å². The highest BCUT2D eigenvalue weighted by atomic mass is 35.5. The van der Waals surface area contributed by atoms with Gasteiger partial charge in [0.1, 0.15) is 12.1 Å². The molecule has 0 bridgehead atoms. The maximum absolute atomic E-state index is 8.79. The largest absolute Gasteiger partial charge is 0.317 e. The van der Waals surface area contributed by atoms with Crippen molar-refractivity contribution < 1.29 is 0 Å². The Labute approximate surface area is 86.7 Å². The van der Waals surface area contributed by atoms with Crippen molar-refractivity contribution >= 4 is 11.6 Å². The Hall–Kier alpha value is -1.78. The number of hydrogen-bond acceptors (Lipinski definition) is 3. The molecule has 1 aromatic rings. The summed E-state index contributed by atoms with van der Waals surface area (Å²) in [6.45, 7) is 2.31. The third kappa shape index (κ3) is 1.93. The Kier molecular flexibility index (Phi) is 3.28. The van der Waals surface area contributed by atoms with Gasteiger partial charge in [-0.1, -0.05) is 11.6 Å². The number of imidazole rings is 1.